The van der Waals surface area contributed by atoms with Gasteiger partial charge in [-0.05, 0) is 20.3 Å². The summed E-state index contributed by atoms with van der Waals surface area (Å²) in [6.45, 7) is 4.05. The summed E-state index contributed by atoms with van der Waals surface area (Å²) in [5.74, 6) is -1.14. The molecule has 0 radical (unpaired) electrons. The fourth-order valence-electron chi connectivity index (χ4n) is 3.34. The van der Waals surface area contributed by atoms with Gasteiger partial charge in [0, 0.05) is 31.1 Å². The number of amides is 3. The summed E-state index contributed by atoms with van der Waals surface area (Å²) < 4.78 is 5.58. The number of hydrogen-bond donors (Lipinski definition) is 0. The molecule has 1 fully saturated rings. The van der Waals surface area contributed by atoms with Gasteiger partial charge in [0.2, 0.25) is 11.7 Å². The van der Waals surface area contributed by atoms with Crippen LogP contribution in [0.2, 0.25) is 0 Å². The van der Waals surface area contributed by atoms with Gasteiger partial charge >= 0.3 is 12.0 Å². The third kappa shape index (κ3) is 5.36. The van der Waals surface area contributed by atoms with Crippen LogP contribution in [0.15, 0.2) is 48.5 Å². The molecule has 0 aromatic heterocycles. The number of Topliss-reactive ketones (excluding diaryl/α,β-unsaturated/α-hetero) is 1. The van der Waals surface area contributed by atoms with Crippen molar-refractivity contribution in [3.63, 3.8) is 0 Å². The number of nitrogens with zero attached hydrogens (tertiary/aromatic N) is 2. The quantitative estimate of drug-likeness (QED) is 0.370. The number of ether oxygens (including phenoxy) is 1. The van der Waals surface area contributed by atoms with Crippen LogP contribution in [0.3, 0.4) is 0 Å². The maximum atomic E-state index is 13.1. The predicted octanol–water partition coefficient (Wildman–Crippen LogP) is 3.44. The van der Waals surface area contributed by atoms with Crippen LogP contribution < -0.4 is 0 Å². The zero-order valence-corrected chi connectivity index (χ0v) is 18.0. The zero-order valence-electron chi connectivity index (χ0n) is 18.0. The highest BCUT2D eigenvalue weighted by Crippen LogP contribution is 2.24. The first-order valence-corrected chi connectivity index (χ1v) is 10.2. The lowest BCUT2D eigenvalue weighted by molar-refractivity contribution is -0.147. The minimum absolute atomic E-state index is 0.00961. The number of imide groups is 1. The molecule has 1 atom stereocenters. The van der Waals surface area contributed by atoms with E-state index >= 15 is 0 Å². The summed E-state index contributed by atoms with van der Waals surface area (Å²) in [5, 5.41) is 0. The van der Waals surface area contributed by atoms with Gasteiger partial charge in [-0.15, -0.1) is 0 Å². The lowest BCUT2D eigenvalue weighted by atomic mass is 9.98. The Hall–Kier alpha value is -3.48. The number of benzene rings is 2. The first-order chi connectivity index (χ1) is 14.8. The number of aryl methyl sites for hydroxylation is 2. The monoisotopic (exact) mass is 422 g/mol. The molecule has 0 saturated carbocycles. The van der Waals surface area contributed by atoms with Gasteiger partial charge in [-0.3, -0.25) is 19.3 Å². The molecule has 0 spiro atoms. The number of esters is 1. The van der Waals surface area contributed by atoms with Crippen molar-refractivity contribution in [1.29, 1.82) is 0 Å². The Morgan fingerprint density at radius 2 is 1.55 bits per heavy atom. The van der Waals surface area contributed by atoms with Crippen LogP contribution in [0.1, 0.15) is 46.0 Å². The highest BCUT2D eigenvalue weighted by molar-refractivity contribution is 6.02. The van der Waals surface area contributed by atoms with Crippen LogP contribution in [0.5, 0.6) is 0 Å². The SMILES string of the molecule is Cc1ccc(C(=O)[C@H](OC(=O)CCCN2C(=O)CN(C)C2=O)c2ccc(C)cc2)cc1. The summed E-state index contributed by atoms with van der Waals surface area (Å²) >= 11 is 0. The van der Waals surface area contributed by atoms with E-state index in [2.05, 4.69) is 0 Å². The molecule has 162 valence electrons. The number of urea groups is 1. The van der Waals surface area contributed by atoms with Crippen molar-refractivity contribution < 1.29 is 23.9 Å². The van der Waals surface area contributed by atoms with Crippen molar-refractivity contribution in [3.8, 4) is 0 Å². The Morgan fingerprint density at radius 1 is 0.968 bits per heavy atom. The fourth-order valence-corrected chi connectivity index (χ4v) is 3.34. The molecule has 0 unspecified atom stereocenters. The summed E-state index contributed by atoms with van der Waals surface area (Å²) in [4.78, 5) is 51.8. The number of rotatable bonds is 8. The number of likely N-dealkylation sites (N-methyl/N-ethyl adjacent to an activating group) is 1. The van der Waals surface area contributed by atoms with Gasteiger partial charge in [0.25, 0.3) is 0 Å². The zero-order chi connectivity index (χ0) is 22.5. The second kappa shape index (κ2) is 9.55. The molecule has 3 amide bonds. The molecule has 1 aliphatic rings. The molecule has 1 saturated heterocycles. The first-order valence-electron chi connectivity index (χ1n) is 10.2. The van der Waals surface area contributed by atoms with Crippen LogP contribution in [-0.2, 0) is 14.3 Å². The van der Waals surface area contributed by atoms with Gasteiger partial charge in [-0.2, -0.15) is 0 Å². The van der Waals surface area contributed by atoms with E-state index in [1.54, 1.807) is 31.3 Å². The van der Waals surface area contributed by atoms with Crippen LogP contribution in [0, 0.1) is 13.8 Å². The largest absolute Gasteiger partial charge is 0.449 e. The Balaban J connectivity index is 1.68. The summed E-state index contributed by atoms with van der Waals surface area (Å²) in [5.41, 5.74) is 3.11. The second-order valence-corrected chi connectivity index (χ2v) is 7.80. The number of hydrogen-bond acceptors (Lipinski definition) is 5. The average Bonchev–Trinajstić information content (AvgIpc) is 2.99. The molecule has 3 rings (SSSR count). The number of carbonyl (C=O) groups excluding carboxylic acids is 4. The van der Waals surface area contributed by atoms with Gasteiger partial charge in [0.05, 0.1) is 0 Å². The molecule has 1 aliphatic heterocycles. The lowest BCUT2D eigenvalue weighted by Crippen LogP contribution is -2.32. The van der Waals surface area contributed by atoms with Crippen LogP contribution in [-0.4, -0.2) is 53.6 Å². The van der Waals surface area contributed by atoms with Crippen molar-refractivity contribution in [2.75, 3.05) is 20.1 Å². The minimum atomic E-state index is -1.06. The minimum Gasteiger partial charge on any atom is -0.449 e. The van der Waals surface area contributed by atoms with E-state index in [1.165, 1.54) is 4.90 Å². The van der Waals surface area contributed by atoms with Crippen molar-refractivity contribution in [1.82, 2.24) is 9.80 Å². The van der Waals surface area contributed by atoms with Crippen LogP contribution in [0.25, 0.3) is 0 Å². The second-order valence-electron chi connectivity index (χ2n) is 7.80. The van der Waals surface area contributed by atoms with Gasteiger partial charge in [-0.1, -0.05) is 59.7 Å². The van der Waals surface area contributed by atoms with E-state index in [-0.39, 0.29) is 43.7 Å². The van der Waals surface area contributed by atoms with Crippen LogP contribution >= 0.6 is 0 Å². The van der Waals surface area contributed by atoms with Crippen molar-refractivity contribution in [2.45, 2.75) is 32.8 Å². The van der Waals surface area contributed by atoms with Crippen molar-refractivity contribution in [3.05, 3.63) is 70.8 Å². The van der Waals surface area contributed by atoms with E-state index in [0.717, 1.165) is 16.0 Å². The smallest absolute Gasteiger partial charge is 0.326 e. The first kappa shape index (κ1) is 22.2. The van der Waals surface area contributed by atoms with E-state index < -0.39 is 12.1 Å². The molecule has 0 aliphatic carbocycles. The van der Waals surface area contributed by atoms with E-state index in [0.29, 0.717) is 11.1 Å². The molecule has 0 N–H and O–H groups in total. The van der Waals surface area contributed by atoms with E-state index in [9.17, 15) is 19.2 Å². The predicted molar refractivity (Wildman–Crippen MR) is 114 cm³/mol. The van der Waals surface area contributed by atoms with Crippen LogP contribution in [0.4, 0.5) is 4.79 Å². The Bertz CT molecular complexity index is 982. The van der Waals surface area contributed by atoms with Gasteiger partial charge in [0.1, 0.15) is 6.54 Å². The maximum absolute atomic E-state index is 13.1. The van der Waals surface area contributed by atoms with Gasteiger partial charge in [0.15, 0.2) is 6.10 Å². The number of carbonyl (C=O) groups is 4. The normalized spacial score (nSPS) is 14.7. The van der Waals surface area contributed by atoms with Crippen molar-refractivity contribution >= 4 is 23.7 Å². The molecule has 7 heteroatoms. The van der Waals surface area contributed by atoms with Gasteiger partial charge in [-0.25, -0.2) is 4.79 Å². The molecule has 31 heavy (non-hydrogen) atoms. The summed E-state index contributed by atoms with van der Waals surface area (Å²) in [6.07, 6.45) is -0.801. The summed E-state index contributed by atoms with van der Waals surface area (Å²) in [7, 11) is 1.55. The molecule has 2 aromatic rings. The molecule has 1 heterocycles. The Morgan fingerprint density at radius 3 is 2.10 bits per heavy atom. The molecular weight excluding hydrogens is 396 g/mol. The van der Waals surface area contributed by atoms with Crippen molar-refractivity contribution in [2.24, 2.45) is 0 Å². The highest BCUT2D eigenvalue weighted by Gasteiger charge is 2.33. The summed E-state index contributed by atoms with van der Waals surface area (Å²) in [6, 6.07) is 14.0. The highest BCUT2D eigenvalue weighted by atomic mass is 16.5. The van der Waals surface area contributed by atoms with Gasteiger partial charge < -0.3 is 9.64 Å². The Labute approximate surface area is 181 Å². The van der Waals surface area contributed by atoms with E-state index in [1.807, 2.05) is 38.1 Å². The topological polar surface area (TPSA) is 84.0 Å². The number of ketones is 1. The Kier molecular flexibility index (Phi) is 6.84. The maximum Gasteiger partial charge on any atom is 0.326 e. The molecule has 7 nitrogen and oxygen atoms in total. The molecular formula is C24H26N2O5. The average molecular weight is 422 g/mol. The fraction of sp³-hybridized carbons (Fsp3) is 0.333. The third-order valence-corrected chi connectivity index (χ3v) is 5.20. The molecule has 2 aromatic carbocycles. The standard InChI is InChI=1S/C24H26N2O5/c1-16-6-10-18(11-7-16)22(29)23(19-12-8-17(2)9-13-19)31-21(28)5-4-14-26-20(27)15-25(3)24(26)30/h6-13,23H,4-5,14-15H2,1-3H3/t23-/m1/s1. The lowest BCUT2D eigenvalue weighted by Gasteiger charge is -2.18. The molecule has 0 bridgehead atoms. The third-order valence-electron chi connectivity index (χ3n) is 5.20. The van der Waals surface area contributed by atoms with E-state index in [4.69, 9.17) is 4.74 Å².